The topological polar surface area (TPSA) is 125 Å². The highest BCUT2D eigenvalue weighted by atomic mass is 35.5. The maximum Gasteiger partial charge on any atom is 0.421 e. The number of likely N-dealkylation sites (N-methyl/N-ethyl adjacent to an activating group) is 1. The summed E-state index contributed by atoms with van der Waals surface area (Å²) in [5.74, 6) is -1.47. The van der Waals surface area contributed by atoms with E-state index < -0.39 is 17.8 Å². The number of hydrogen-bond acceptors (Lipinski definition) is 7. The average molecular weight is 536 g/mol. The van der Waals surface area contributed by atoms with Gasteiger partial charge in [-0.3, -0.25) is 9.59 Å². The number of imide groups is 1. The number of H-pyrrole nitrogens is 1. The van der Waals surface area contributed by atoms with Gasteiger partial charge in [0.1, 0.15) is 12.4 Å². The number of carbonyl (C=O) groups is 3. The highest BCUT2D eigenvalue weighted by molar-refractivity contribution is 6.41. The van der Waals surface area contributed by atoms with Crippen LogP contribution in [0.4, 0.5) is 14.9 Å². The molecular weight excluding hydrogens is 505 g/mol. The molecule has 0 spiro atoms. The van der Waals surface area contributed by atoms with E-state index in [1.807, 2.05) is 6.92 Å². The molecule has 0 aliphatic carbocycles. The highest BCUT2D eigenvalue weighted by Gasteiger charge is 2.38. The Bertz CT molecular complexity index is 1180. The molecule has 0 bridgehead atoms. The molecule has 0 saturated heterocycles. The zero-order valence-electron chi connectivity index (χ0n) is 21.0. The van der Waals surface area contributed by atoms with Gasteiger partial charge in [-0.05, 0) is 62.0 Å². The Labute approximate surface area is 219 Å². The lowest BCUT2D eigenvalue weighted by atomic mass is 10.0. The van der Waals surface area contributed by atoms with Gasteiger partial charge in [0, 0.05) is 36.6 Å². The number of carbonyl (C=O) groups excluding carboxylic acids is 3. The highest BCUT2D eigenvalue weighted by Crippen LogP contribution is 2.39. The summed E-state index contributed by atoms with van der Waals surface area (Å²) in [5, 5.41) is 6.00. The quantitative estimate of drug-likeness (QED) is 0.187. The van der Waals surface area contributed by atoms with Gasteiger partial charge in [0.2, 0.25) is 0 Å². The van der Waals surface area contributed by atoms with E-state index in [2.05, 4.69) is 20.5 Å². The lowest BCUT2D eigenvalue weighted by Gasteiger charge is -2.15. The summed E-state index contributed by atoms with van der Waals surface area (Å²) in [4.78, 5) is 45.2. The Morgan fingerprint density at radius 1 is 1.16 bits per heavy atom. The smallest absolute Gasteiger partial charge is 0.421 e. The lowest BCUT2D eigenvalue weighted by molar-refractivity contribution is -0.112. The van der Waals surface area contributed by atoms with Crippen LogP contribution in [0, 0.1) is 19.7 Å². The van der Waals surface area contributed by atoms with Crippen LogP contribution in [0.25, 0.3) is 11.6 Å². The third-order valence-electron chi connectivity index (χ3n) is 5.73. The van der Waals surface area contributed by atoms with Gasteiger partial charge in [-0.15, -0.1) is 0 Å². The maximum atomic E-state index is 14.1. The first-order chi connectivity index (χ1) is 17.8. The molecule has 0 saturated carbocycles. The predicted octanol–water partition coefficient (Wildman–Crippen LogP) is 2.89. The van der Waals surface area contributed by atoms with Crippen LogP contribution in [0.2, 0.25) is 0 Å². The van der Waals surface area contributed by atoms with Crippen LogP contribution in [-0.4, -0.2) is 68.9 Å². The molecule has 1 aromatic heterocycles. The van der Waals surface area contributed by atoms with Crippen LogP contribution in [0.3, 0.4) is 0 Å². The Hall–Kier alpha value is -3.25. The monoisotopic (exact) mass is 535 g/mol. The normalized spacial score (nSPS) is 13.8. The molecule has 200 valence electrons. The molecule has 1 aliphatic heterocycles. The zero-order chi connectivity index (χ0) is 26.9. The molecule has 4 N–H and O–H groups in total. The van der Waals surface area contributed by atoms with Gasteiger partial charge in [0.05, 0.1) is 30.0 Å². The second-order valence-electron chi connectivity index (χ2n) is 8.24. The Balaban J connectivity index is 1.83. The molecule has 2 heterocycles. The Morgan fingerprint density at radius 2 is 1.95 bits per heavy atom. The number of benzene rings is 1. The minimum Gasteiger partial charge on any atom is -0.446 e. The average Bonchev–Trinajstić information content (AvgIpc) is 3.30. The molecular formula is C25H31ClFN5O5. The van der Waals surface area contributed by atoms with Crippen molar-refractivity contribution < 1.29 is 28.2 Å². The van der Waals surface area contributed by atoms with Crippen LogP contribution >= 0.6 is 11.8 Å². The fourth-order valence-electron chi connectivity index (χ4n) is 3.98. The van der Waals surface area contributed by atoms with Gasteiger partial charge < -0.3 is 25.1 Å². The van der Waals surface area contributed by atoms with E-state index in [1.165, 1.54) is 18.2 Å². The first-order valence-electron chi connectivity index (χ1n) is 11.9. The number of rotatable bonds is 12. The van der Waals surface area contributed by atoms with Crippen molar-refractivity contribution in [3.05, 3.63) is 52.1 Å². The molecule has 1 aliphatic rings. The second-order valence-corrected chi connectivity index (χ2v) is 8.51. The number of aromatic amines is 1. The third kappa shape index (κ3) is 6.75. The van der Waals surface area contributed by atoms with Gasteiger partial charge in [-0.25, -0.2) is 18.9 Å². The van der Waals surface area contributed by atoms with Gasteiger partial charge in [-0.2, -0.15) is 0 Å². The molecule has 0 atom stereocenters. The van der Waals surface area contributed by atoms with Crippen LogP contribution in [-0.2, 0) is 14.3 Å². The van der Waals surface area contributed by atoms with Crippen LogP contribution in [0.5, 0.6) is 0 Å². The van der Waals surface area contributed by atoms with E-state index >= 15 is 0 Å². The van der Waals surface area contributed by atoms with Crippen molar-refractivity contribution in [2.75, 3.05) is 50.9 Å². The molecule has 10 nitrogen and oxygen atoms in total. The zero-order valence-corrected chi connectivity index (χ0v) is 21.8. The molecule has 2 aromatic rings. The lowest BCUT2D eigenvalue weighted by Crippen LogP contribution is -2.34. The minimum absolute atomic E-state index is 0.0817. The SMILES string of the molecule is CCNCCNC(=O)c1c(C)[nH]c(/C=C2\C(=O)N(C(=O)OCCOCCNCl)c3ccc(F)cc32)c1C. The number of nitrogens with zero attached hydrogens (tertiary/aromatic N) is 1. The summed E-state index contributed by atoms with van der Waals surface area (Å²) in [6, 6.07) is 3.70. The van der Waals surface area contributed by atoms with Crippen molar-refractivity contribution in [3.8, 4) is 0 Å². The second kappa shape index (κ2) is 13.3. The number of anilines is 1. The van der Waals surface area contributed by atoms with Gasteiger partial charge in [-0.1, -0.05) is 6.92 Å². The number of amides is 3. The molecule has 12 heteroatoms. The van der Waals surface area contributed by atoms with Crippen molar-refractivity contribution in [1.29, 1.82) is 0 Å². The van der Waals surface area contributed by atoms with Crippen molar-refractivity contribution in [3.63, 3.8) is 0 Å². The fraction of sp³-hybridized carbons (Fsp3) is 0.400. The number of ether oxygens (including phenoxy) is 2. The summed E-state index contributed by atoms with van der Waals surface area (Å²) in [5.41, 5.74) is 2.77. The first kappa shape index (κ1) is 28.3. The maximum absolute atomic E-state index is 14.1. The molecule has 0 fully saturated rings. The molecule has 1 aromatic carbocycles. The predicted molar refractivity (Wildman–Crippen MR) is 139 cm³/mol. The van der Waals surface area contributed by atoms with E-state index in [1.54, 1.807) is 13.8 Å². The largest absolute Gasteiger partial charge is 0.446 e. The summed E-state index contributed by atoms with van der Waals surface area (Å²) < 4.78 is 24.6. The van der Waals surface area contributed by atoms with Crippen molar-refractivity contribution >= 4 is 47.0 Å². The Kier molecular flexibility index (Phi) is 10.2. The number of fused-ring (bicyclic) bond motifs is 1. The minimum atomic E-state index is -0.902. The first-order valence-corrected chi connectivity index (χ1v) is 12.3. The molecule has 0 unspecified atom stereocenters. The van der Waals surface area contributed by atoms with E-state index in [0.717, 1.165) is 17.5 Å². The number of hydrogen-bond donors (Lipinski definition) is 4. The van der Waals surface area contributed by atoms with Crippen LogP contribution < -0.4 is 20.4 Å². The van der Waals surface area contributed by atoms with E-state index in [9.17, 15) is 18.8 Å². The number of aromatic nitrogens is 1. The number of nitrogens with one attached hydrogen (secondary N) is 4. The van der Waals surface area contributed by atoms with Crippen molar-refractivity contribution in [2.24, 2.45) is 0 Å². The third-order valence-corrected chi connectivity index (χ3v) is 5.92. The van der Waals surface area contributed by atoms with E-state index in [0.29, 0.717) is 48.8 Å². The number of aryl methyl sites for hydroxylation is 1. The van der Waals surface area contributed by atoms with Crippen LogP contribution in [0.15, 0.2) is 18.2 Å². The molecule has 37 heavy (non-hydrogen) atoms. The number of halogens is 2. The fourth-order valence-corrected chi connectivity index (χ4v) is 4.06. The molecule has 0 radical (unpaired) electrons. The van der Waals surface area contributed by atoms with Crippen molar-refractivity contribution in [1.82, 2.24) is 20.5 Å². The van der Waals surface area contributed by atoms with Crippen molar-refractivity contribution in [2.45, 2.75) is 20.8 Å². The molecule has 3 amide bonds. The van der Waals surface area contributed by atoms with Gasteiger partial charge in [0.15, 0.2) is 0 Å². The standard InChI is InChI=1S/C25H31ClFN5O5/c1-4-28-7-8-29-23(33)22-15(2)20(31-16(22)3)14-19-18-13-17(27)5-6-21(18)32(24(19)34)25(35)37-12-11-36-10-9-30-26/h5-6,13-14,28,30-31H,4,7-12H2,1-3H3,(H,29,33)/b19-14-. The summed E-state index contributed by atoms with van der Waals surface area (Å²) >= 11 is 5.35. The van der Waals surface area contributed by atoms with E-state index in [-0.39, 0.29) is 35.9 Å². The van der Waals surface area contributed by atoms with E-state index in [4.69, 9.17) is 21.3 Å². The molecule has 3 rings (SSSR count). The summed E-state index contributed by atoms with van der Waals surface area (Å²) in [6.07, 6.45) is 0.619. The van der Waals surface area contributed by atoms with Gasteiger partial charge in [0.25, 0.3) is 11.8 Å². The summed E-state index contributed by atoms with van der Waals surface area (Å²) in [6.45, 7) is 8.18. The van der Waals surface area contributed by atoms with Gasteiger partial charge >= 0.3 is 6.09 Å². The van der Waals surface area contributed by atoms with Crippen LogP contribution in [0.1, 0.15) is 39.8 Å². The summed E-state index contributed by atoms with van der Waals surface area (Å²) in [7, 11) is 0. The Morgan fingerprint density at radius 3 is 2.68 bits per heavy atom.